The van der Waals surface area contributed by atoms with Gasteiger partial charge in [-0.25, -0.2) is 0 Å². The van der Waals surface area contributed by atoms with E-state index in [-0.39, 0.29) is 24.3 Å². The number of esters is 1. The summed E-state index contributed by atoms with van der Waals surface area (Å²) in [4.78, 5) is 24.9. The third kappa shape index (κ3) is 2.45. The highest BCUT2D eigenvalue weighted by molar-refractivity contribution is 6.01. The van der Waals surface area contributed by atoms with E-state index in [1.807, 2.05) is 29.2 Å². The maximum absolute atomic E-state index is 11.6. The first-order valence-electron chi connectivity index (χ1n) is 5.83. The molecular weight excluding hydrogens is 232 g/mol. The summed E-state index contributed by atoms with van der Waals surface area (Å²) in [6.45, 7) is 2.52. The quantitative estimate of drug-likeness (QED) is 0.818. The molecule has 18 heavy (non-hydrogen) atoms. The largest absolute Gasteiger partial charge is 0.469 e. The Morgan fingerprint density at radius 1 is 1.50 bits per heavy atom. The standard InChI is InChI=1S/C13H16N2O3/c1-9(13(17)18-2)7-15-8-12(16)14-10-5-3-4-6-11(10)15/h3-6,9H,7-8H2,1-2H3,(H,14,16). The average Bonchev–Trinajstić information content (AvgIpc) is 2.37. The van der Waals surface area contributed by atoms with E-state index in [2.05, 4.69) is 5.32 Å². The van der Waals surface area contributed by atoms with Crippen LogP contribution in [-0.2, 0) is 14.3 Å². The normalized spacial score (nSPS) is 15.7. The summed E-state index contributed by atoms with van der Waals surface area (Å²) in [7, 11) is 1.37. The lowest BCUT2D eigenvalue weighted by Crippen LogP contribution is -2.41. The number of rotatable bonds is 3. The molecule has 1 aliphatic heterocycles. The van der Waals surface area contributed by atoms with Crippen LogP contribution in [0, 0.1) is 5.92 Å². The summed E-state index contributed by atoms with van der Waals surface area (Å²) >= 11 is 0. The molecule has 0 saturated carbocycles. The van der Waals surface area contributed by atoms with Gasteiger partial charge in [-0.1, -0.05) is 19.1 Å². The van der Waals surface area contributed by atoms with Crippen LogP contribution in [0.15, 0.2) is 24.3 Å². The van der Waals surface area contributed by atoms with Crippen LogP contribution < -0.4 is 10.2 Å². The number of nitrogens with one attached hydrogen (secondary N) is 1. The number of anilines is 2. The predicted octanol–water partition coefficient (Wildman–Crippen LogP) is 1.25. The van der Waals surface area contributed by atoms with Crippen LogP contribution in [0.4, 0.5) is 11.4 Å². The third-order valence-electron chi connectivity index (χ3n) is 2.95. The van der Waals surface area contributed by atoms with Gasteiger partial charge in [-0.15, -0.1) is 0 Å². The van der Waals surface area contributed by atoms with E-state index >= 15 is 0 Å². The monoisotopic (exact) mass is 248 g/mol. The van der Waals surface area contributed by atoms with Crippen molar-refractivity contribution < 1.29 is 14.3 Å². The molecule has 1 aromatic rings. The number of carbonyl (C=O) groups excluding carboxylic acids is 2. The number of ether oxygens (including phenoxy) is 1. The van der Waals surface area contributed by atoms with Crippen LogP contribution in [0.1, 0.15) is 6.92 Å². The highest BCUT2D eigenvalue weighted by Gasteiger charge is 2.25. The second kappa shape index (κ2) is 5.08. The van der Waals surface area contributed by atoms with Crippen LogP contribution in [0.5, 0.6) is 0 Å². The SMILES string of the molecule is COC(=O)C(C)CN1CC(=O)Nc2ccccc21. The summed E-state index contributed by atoms with van der Waals surface area (Å²) in [5.74, 6) is -0.599. The van der Waals surface area contributed by atoms with Crippen LogP contribution in [0.25, 0.3) is 0 Å². The lowest BCUT2D eigenvalue weighted by molar-refractivity contribution is -0.144. The third-order valence-corrected chi connectivity index (χ3v) is 2.95. The van der Waals surface area contributed by atoms with Crippen molar-refractivity contribution in [3.8, 4) is 0 Å². The predicted molar refractivity (Wildman–Crippen MR) is 68.5 cm³/mol. The molecule has 1 amide bonds. The Kier molecular flexibility index (Phi) is 3.50. The number of fused-ring (bicyclic) bond motifs is 1. The van der Waals surface area contributed by atoms with Gasteiger partial charge in [0.15, 0.2) is 0 Å². The van der Waals surface area contributed by atoms with Crippen molar-refractivity contribution in [2.75, 3.05) is 30.4 Å². The summed E-state index contributed by atoms with van der Waals surface area (Å²) in [5, 5.41) is 2.81. The fourth-order valence-electron chi connectivity index (χ4n) is 2.07. The molecule has 1 aromatic carbocycles. The maximum Gasteiger partial charge on any atom is 0.310 e. The zero-order valence-corrected chi connectivity index (χ0v) is 10.5. The number of benzene rings is 1. The van der Waals surface area contributed by atoms with Gasteiger partial charge in [0, 0.05) is 6.54 Å². The summed E-state index contributed by atoms with van der Waals surface area (Å²) in [5.41, 5.74) is 1.72. The van der Waals surface area contributed by atoms with Gasteiger partial charge < -0.3 is 15.0 Å². The molecule has 96 valence electrons. The molecule has 0 saturated heterocycles. The summed E-state index contributed by atoms with van der Waals surface area (Å²) in [6.07, 6.45) is 0. The molecular formula is C13H16N2O3. The fourth-order valence-corrected chi connectivity index (χ4v) is 2.07. The lowest BCUT2D eigenvalue weighted by Gasteiger charge is -2.32. The van der Waals surface area contributed by atoms with Crippen molar-refractivity contribution >= 4 is 23.3 Å². The minimum absolute atomic E-state index is 0.0641. The van der Waals surface area contributed by atoms with E-state index in [0.717, 1.165) is 11.4 Å². The van der Waals surface area contributed by atoms with Gasteiger partial charge in [0.05, 0.1) is 30.9 Å². The first kappa shape index (κ1) is 12.4. The Bertz CT molecular complexity index is 473. The molecule has 1 unspecified atom stereocenters. The zero-order chi connectivity index (χ0) is 13.1. The Balaban J connectivity index is 2.19. The van der Waals surface area contributed by atoms with Crippen molar-refractivity contribution in [3.63, 3.8) is 0 Å². The van der Waals surface area contributed by atoms with Crippen LogP contribution in [-0.4, -0.2) is 32.1 Å². The van der Waals surface area contributed by atoms with Crippen LogP contribution >= 0.6 is 0 Å². The molecule has 5 nitrogen and oxygen atoms in total. The molecule has 2 rings (SSSR count). The van der Waals surface area contributed by atoms with E-state index in [0.29, 0.717) is 6.54 Å². The van der Waals surface area contributed by atoms with E-state index < -0.39 is 0 Å². The highest BCUT2D eigenvalue weighted by Crippen LogP contribution is 2.29. The van der Waals surface area contributed by atoms with Crippen LogP contribution in [0.2, 0.25) is 0 Å². The average molecular weight is 248 g/mol. The Morgan fingerprint density at radius 3 is 2.94 bits per heavy atom. The first-order chi connectivity index (χ1) is 8.61. The van der Waals surface area contributed by atoms with Crippen molar-refractivity contribution in [1.29, 1.82) is 0 Å². The molecule has 0 aromatic heterocycles. The fraction of sp³-hybridized carbons (Fsp3) is 0.385. The Hall–Kier alpha value is -2.04. The van der Waals surface area contributed by atoms with Crippen molar-refractivity contribution in [2.45, 2.75) is 6.92 Å². The number of hydrogen-bond acceptors (Lipinski definition) is 4. The number of carbonyl (C=O) groups is 2. The Morgan fingerprint density at radius 2 is 2.22 bits per heavy atom. The second-order valence-corrected chi connectivity index (χ2v) is 4.37. The number of nitrogens with zero attached hydrogens (tertiary/aromatic N) is 1. The molecule has 0 fully saturated rings. The Labute approximate surface area is 106 Å². The number of para-hydroxylation sites is 2. The minimum Gasteiger partial charge on any atom is -0.469 e. The van der Waals surface area contributed by atoms with Crippen LogP contribution in [0.3, 0.4) is 0 Å². The minimum atomic E-state index is -0.269. The van der Waals surface area contributed by atoms with Gasteiger partial charge in [-0.2, -0.15) is 0 Å². The van der Waals surface area contributed by atoms with E-state index in [1.54, 1.807) is 6.92 Å². The molecule has 1 aliphatic rings. The number of hydrogen-bond donors (Lipinski definition) is 1. The van der Waals surface area contributed by atoms with E-state index in [9.17, 15) is 9.59 Å². The van der Waals surface area contributed by atoms with Crippen molar-refractivity contribution in [3.05, 3.63) is 24.3 Å². The topological polar surface area (TPSA) is 58.6 Å². The van der Waals surface area contributed by atoms with Gasteiger partial charge in [0.2, 0.25) is 5.91 Å². The van der Waals surface area contributed by atoms with Crippen molar-refractivity contribution in [2.24, 2.45) is 5.92 Å². The number of amides is 1. The molecule has 0 spiro atoms. The first-order valence-corrected chi connectivity index (χ1v) is 5.83. The van der Waals surface area contributed by atoms with Gasteiger partial charge in [0.25, 0.3) is 0 Å². The summed E-state index contributed by atoms with van der Waals surface area (Å²) < 4.78 is 4.70. The maximum atomic E-state index is 11.6. The molecule has 1 atom stereocenters. The lowest BCUT2D eigenvalue weighted by atomic mass is 10.1. The second-order valence-electron chi connectivity index (χ2n) is 4.37. The van der Waals surface area contributed by atoms with Crippen molar-refractivity contribution in [1.82, 2.24) is 0 Å². The van der Waals surface area contributed by atoms with E-state index in [1.165, 1.54) is 7.11 Å². The van der Waals surface area contributed by atoms with Gasteiger partial charge in [-0.3, -0.25) is 9.59 Å². The molecule has 1 heterocycles. The molecule has 0 aliphatic carbocycles. The smallest absolute Gasteiger partial charge is 0.310 e. The molecule has 5 heteroatoms. The molecule has 1 N–H and O–H groups in total. The van der Waals surface area contributed by atoms with E-state index in [4.69, 9.17) is 4.74 Å². The number of methoxy groups -OCH3 is 1. The zero-order valence-electron chi connectivity index (χ0n) is 10.5. The van der Waals surface area contributed by atoms with Gasteiger partial charge in [0.1, 0.15) is 0 Å². The van der Waals surface area contributed by atoms with Gasteiger partial charge in [-0.05, 0) is 12.1 Å². The molecule has 0 bridgehead atoms. The summed E-state index contributed by atoms with van der Waals surface area (Å²) in [6, 6.07) is 7.56. The molecule has 0 radical (unpaired) electrons. The van der Waals surface area contributed by atoms with Gasteiger partial charge >= 0.3 is 5.97 Å². The highest BCUT2D eigenvalue weighted by atomic mass is 16.5.